The number of fused-ring (bicyclic) bond motifs is 2. The fraction of sp³-hybridized carbons (Fsp3) is 0.286. The molecule has 2 amide bonds. The number of pyridine rings is 1. The highest BCUT2D eigenvalue weighted by molar-refractivity contribution is 6.19. The normalized spacial score (nSPS) is 10.9. The van der Waals surface area contributed by atoms with E-state index in [1.54, 1.807) is 0 Å². The van der Waals surface area contributed by atoms with Crippen molar-refractivity contribution in [2.24, 2.45) is 0 Å². The summed E-state index contributed by atoms with van der Waals surface area (Å²) < 4.78 is 0. The van der Waals surface area contributed by atoms with Gasteiger partial charge in [0.15, 0.2) is 0 Å². The summed E-state index contributed by atoms with van der Waals surface area (Å²) in [7, 11) is 0. The molecule has 3 aromatic rings. The minimum Gasteiger partial charge on any atom is -0.352 e. The second-order valence-electron chi connectivity index (χ2n) is 6.40. The molecular weight excluding hydrogens is 397 g/mol. The standard InChI is InChI=1S/C21H21Cl2N3O2/c22-9-7-18(27)24-12-16-5-1-3-14-11-15-4-2-6-17(21(15)26-20(14)16)13-25-19(28)8-10-23/h1-6,11H,7-10,12-13H2,(H,24,27)(H,25,28). The molecule has 0 atom stereocenters. The Kier molecular flexibility index (Phi) is 7.06. The molecule has 0 fully saturated rings. The van der Waals surface area contributed by atoms with Crippen molar-refractivity contribution >= 4 is 56.8 Å². The molecule has 1 aromatic heterocycles. The van der Waals surface area contributed by atoms with Crippen molar-refractivity contribution in [2.75, 3.05) is 11.8 Å². The van der Waals surface area contributed by atoms with Crippen molar-refractivity contribution in [2.45, 2.75) is 25.9 Å². The summed E-state index contributed by atoms with van der Waals surface area (Å²) in [5.41, 5.74) is 3.54. The van der Waals surface area contributed by atoms with Crippen LogP contribution < -0.4 is 10.6 Å². The van der Waals surface area contributed by atoms with Gasteiger partial charge >= 0.3 is 0 Å². The Labute approximate surface area is 173 Å². The Balaban J connectivity index is 1.93. The molecule has 1 heterocycles. The van der Waals surface area contributed by atoms with E-state index in [1.807, 2.05) is 36.4 Å². The minimum atomic E-state index is -0.0875. The van der Waals surface area contributed by atoms with Crippen LogP contribution in [-0.2, 0) is 22.7 Å². The number of amides is 2. The fourth-order valence-electron chi connectivity index (χ4n) is 3.03. The zero-order chi connectivity index (χ0) is 19.9. The van der Waals surface area contributed by atoms with E-state index in [-0.39, 0.29) is 24.7 Å². The Morgan fingerprint density at radius 1 is 0.786 bits per heavy atom. The van der Waals surface area contributed by atoms with Crippen LogP contribution in [0.1, 0.15) is 24.0 Å². The number of carbonyl (C=O) groups is 2. The number of aromatic nitrogens is 1. The smallest absolute Gasteiger partial charge is 0.221 e. The zero-order valence-corrected chi connectivity index (χ0v) is 16.8. The highest BCUT2D eigenvalue weighted by Crippen LogP contribution is 2.24. The molecule has 0 bridgehead atoms. The van der Waals surface area contributed by atoms with E-state index in [2.05, 4.69) is 16.7 Å². The monoisotopic (exact) mass is 417 g/mol. The molecule has 0 saturated carbocycles. The Morgan fingerprint density at radius 2 is 1.25 bits per heavy atom. The second-order valence-corrected chi connectivity index (χ2v) is 7.15. The molecule has 0 spiro atoms. The number of para-hydroxylation sites is 2. The number of nitrogens with zero attached hydrogens (tertiary/aromatic N) is 1. The van der Waals surface area contributed by atoms with Crippen molar-refractivity contribution < 1.29 is 9.59 Å². The number of rotatable bonds is 8. The van der Waals surface area contributed by atoms with Crippen LogP contribution in [0, 0.1) is 0 Å². The lowest BCUT2D eigenvalue weighted by atomic mass is 10.0. The van der Waals surface area contributed by atoms with Crippen molar-refractivity contribution in [3.8, 4) is 0 Å². The lowest BCUT2D eigenvalue weighted by molar-refractivity contribution is -0.121. The van der Waals surface area contributed by atoms with Gasteiger partial charge in [0.2, 0.25) is 11.8 Å². The first-order valence-corrected chi connectivity index (χ1v) is 10.1. The Morgan fingerprint density at radius 3 is 1.68 bits per heavy atom. The number of benzene rings is 2. The Bertz CT molecular complexity index is 931. The molecule has 0 aliphatic heterocycles. The van der Waals surface area contributed by atoms with E-state index < -0.39 is 0 Å². The van der Waals surface area contributed by atoms with Crippen LogP contribution in [-0.4, -0.2) is 28.6 Å². The van der Waals surface area contributed by atoms with Gasteiger partial charge in [-0.1, -0.05) is 36.4 Å². The lowest BCUT2D eigenvalue weighted by Gasteiger charge is -2.11. The summed E-state index contributed by atoms with van der Waals surface area (Å²) in [4.78, 5) is 28.4. The van der Waals surface area contributed by atoms with Crippen LogP contribution in [0.25, 0.3) is 21.8 Å². The third kappa shape index (κ3) is 4.91. The summed E-state index contributed by atoms with van der Waals surface area (Å²) in [5.74, 6) is 0.414. The topological polar surface area (TPSA) is 71.1 Å². The number of alkyl halides is 2. The van der Waals surface area contributed by atoms with Crippen molar-refractivity contribution in [3.05, 3.63) is 53.6 Å². The average Bonchev–Trinajstić information content (AvgIpc) is 2.69. The maximum atomic E-state index is 11.8. The zero-order valence-electron chi connectivity index (χ0n) is 15.3. The number of halogens is 2. The molecule has 7 heteroatoms. The molecule has 2 aromatic carbocycles. The predicted octanol–water partition coefficient (Wildman–Crippen LogP) is 3.88. The Hall–Kier alpha value is -2.37. The van der Waals surface area contributed by atoms with Crippen LogP contribution in [0.3, 0.4) is 0 Å². The van der Waals surface area contributed by atoms with E-state index in [1.165, 1.54) is 0 Å². The minimum absolute atomic E-state index is 0.0875. The number of nitrogens with one attached hydrogen (secondary N) is 2. The summed E-state index contributed by atoms with van der Waals surface area (Å²) in [5, 5.41) is 7.75. The lowest BCUT2D eigenvalue weighted by Crippen LogP contribution is -2.23. The molecular formula is C21H21Cl2N3O2. The summed E-state index contributed by atoms with van der Waals surface area (Å²) in [6, 6.07) is 13.9. The molecule has 5 nitrogen and oxygen atoms in total. The van der Waals surface area contributed by atoms with Gasteiger partial charge < -0.3 is 10.6 Å². The third-order valence-corrected chi connectivity index (χ3v) is 4.81. The fourth-order valence-corrected chi connectivity index (χ4v) is 3.37. The van der Waals surface area contributed by atoms with Crippen molar-refractivity contribution in [1.29, 1.82) is 0 Å². The van der Waals surface area contributed by atoms with Gasteiger partial charge in [-0.15, -0.1) is 23.2 Å². The molecule has 0 radical (unpaired) electrons. The molecule has 2 N–H and O–H groups in total. The molecule has 146 valence electrons. The van der Waals surface area contributed by atoms with Gasteiger partial charge in [-0.3, -0.25) is 9.59 Å². The van der Waals surface area contributed by atoms with E-state index in [4.69, 9.17) is 28.2 Å². The van der Waals surface area contributed by atoms with Crippen LogP contribution in [0.2, 0.25) is 0 Å². The van der Waals surface area contributed by atoms with Crippen LogP contribution in [0.15, 0.2) is 42.5 Å². The summed E-state index contributed by atoms with van der Waals surface area (Å²) >= 11 is 11.2. The van der Waals surface area contributed by atoms with Gasteiger partial charge in [-0.2, -0.15) is 0 Å². The quantitative estimate of drug-likeness (QED) is 0.431. The molecule has 28 heavy (non-hydrogen) atoms. The van der Waals surface area contributed by atoms with Crippen LogP contribution in [0.4, 0.5) is 0 Å². The van der Waals surface area contributed by atoms with Gasteiger partial charge in [0.05, 0.1) is 11.0 Å². The van der Waals surface area contributed by atoms with E-state index in [0.717, 1.165) is 32.9 Å². The van der Waals surface area contributed by atoms with Gasteiger partial charge in [0.1, 0.15) is 0 Å². The highest BCUT2D eigenvalue weighted by atomic mass is 35.5. The maximum Gasteiger partial charge on any atom is 0.221 e. The highest BCUT2D eigenvalue weighted by Gasteiger charge is 2.10. The number of carbonyl (C=O) groups excluding carboxylic acids is 2. The molecule has 3 rings (SSSR count). The number of hydrogen-bond donors (Lipinski definition) is 2. The predicted molar refractivity (Wildman–Crippen MR) is 114 cm³/mol. The first kappa shape index (κ1) is 20.4. The van der Waals surface area contributed by atoms with Gasteiger partial charge in [0, 0.05) is 48.5 Å². The molecule has 0 unspecified atom stereocenters. The van der Waals surface area contributed by atoms with Crippen LogP contribution in [0.5, 0.6) is 0 Å². The van der Waals surface area contributed by atoms with Crippen molar-refractivity contribution in [3.63, 3.8) is 0 Å². The summed E-state index contributed by atoms with van der Waals surface area (Å²) in [6.07, 6.45) is 0.573. The number of hydrogen-bond acceptors (Lipinski definition) is 3. The SMILES string of the molecule is O=C(CCCl)NCc1cccc2cc3cccc(CNC(=O)CCCl)c3nc12. The molecule has 0 aliphatic rings. The second kappa shape index (κ2) is 9.71. The van der Waals surface area contributed by atoms with Crippen LogP contribution >= 0.6 is 23.2 Å². The van der Waals surface area contributed by atoms with Gasteiger partial charge in [-0.25, -0.2) is 4.98 Å². The average molecular weight is 418 g/mol. The largest absolute Gasteiger partial charge is 0.352 e. The van der Waals surface area contributed by atoms with E-state index in [0.29, 0.717) is 24.8 Å². The molecule has 0 aliphatic carbocycles. The van der Waals surface area contributed by atoms with Crippen molar-refractivity contribution in [1.82, 2.24) is 15.6 Å². The van der Waals surface area contributed by atoms with E-state index in [9.17, 15) is 9.59 Å². The van der Waals surface area contributed by atoms with Gasteiger partial charge in [-0.05, 0) is 17.2 Å². The first-order chi connectivity index (χ1) is 13.6. The van der Waals surface area contributed by atoms with E-state index >= 15 is 0 Å². The third-order valence-electron chi connectivity index (χ3n) is 4.43. The maximum absolute atomic E-state index is 11.8. The van der Waals surface area contributed by atoms with Gasteiger partial charge in [0.25, 0.3) is 0 Å². The molecule has 0 saturated heterocycles. The summed E-state index contributed by atoms with van der Waals surface area (Å²) in [6.45, 7) is 0.778. The first-order valence-electron chi connectivity index (χ1n) is 9.08.